The molecule has 0 aliphatic heterocycles. The maximum atomic E-state index is 8.64. The summed E-state index contributed by atoms with van der Waals surface area (Å²) in [4.78, 5) is 1.15. The highest BCUT2D eigenvalue weighted by Gasteiger charge is 2.00. The zero-order valence-corrected chi connectivity index (χ0v) is 11.7. The molecule has 16 heavy (non-hydrogen) atoms. The lowest BCUT2D eigenvalue weighted by Gasteiger charge is -2.05. The third-order valence-electron chi connectivity index (χ3n) is 2.29. The fraction of sp³-hybridized carbons (Fsp3) is 0.500. The van der Waals surface area contributed by atoms with Gasteiger partial charge < -0.3 is 10.8 Å². The number of anilines is 1. The van der Waals surface area contributed by atoms with Crippen molar-refractivity contribution in [3.8, 4) is 0 Å². The molecule has 0 saturated heterocycles. The molecule has 0 aliphatic carbocycles. The van der Waals surface area contributed by atoms with Gasteiger partial charge in [0.25, 0.3) is 0 Å². The van der Waals surface area contributed by atoms with E-state index in [2.05, 4.69) is 22.0 Å². The lowest BCUT2D eigenvalue weighted by atomic mass is 10.2. The van der Waals surface area contributed by atoms with Gasteiger partial charge in [0, 0.05) is 21.7 Å². The normalized spacial score (nSPS) is 10.6. The van der Waals surface area contributed by atoms with Crippen molar-refractivity contribution in [2.75, 3.05) is 18.1 Å². The third kappa shape index (κ3) is 5.23. The Bertz CT molecular complexity index is 320. The second-order valence-corrected chi connectivity index (χ2v) is 5.72. The number of benzene rings is 1. The molecular weight excluding hydrogens is 286 g/mol. The van der Waals surface area contributed by atoms with Crippen LogP contribution in [0.5, 0.6) is 0 Å². The quantitative estimate of drug-likeness (QED) is 0.459. The number of hydrogen-bond donors (Lipinski definition) is 2. The molecule has 0 saturated carbocycles. The maximum absolute atomic E-state index is 8.64. The van der Waals surface area contributed by atoms with Crippen LogP contribution in [0.2, 0.25) is 0 Å². The molecule has 1 aromatic rings. The average molecular weight is 304 g/mol. The van der Waals surface area contributed by atoms with Crippen LogP contribution >= 0.6 is 27.7 Å². The zero-order valence-electron chi connectivity index (χ0n) is 9.29. The molecule has 1 aromatic carbocycles. The van der Waals surface area contributed by atoms with Gasteiger partial charge in [0.2, 0.25) is 0 Å². The Morgan fingerprint density at radius 3 is 2.69 bits per heavy atom. The summed E-state index contributed by atoms with van der Waals surface area (Å²) in [5.41, 5.74) is 6.73. The van der Waals surface area contributed by atoms with Crippen molar-refractivity contribution in [1.29, 1.82) is 0 Å². The van der Waals surface area contributed by atoms with E-state index in [1.54, 1.807) is 11.8 Å². The number of rotatable bonds is 7. The third-order valence-corrected chi connectivity index (χ3v) is 3.94. The number of nitrogen functional groups attached to an aromatic ring is 1. The Kier molecular flexibility index (Phi) is 6.92. The summed E-state index contributed by atoms with van der Waals surface area (Å²) in [6.07, 6.45) is 4.40. The molecular formula is C12H18BrNOS. The first-order chi connectivity index (χ1) is 7.74. The first-order valence-electron chi connectivity index (χ1n) is 5.52. The Labute approximate surface area is 110 Å². The molecule has 2 nitrogen and oxygen atoms in total. The summed E-state index contributed by atoms with van der Waals surface area (Å²) in [6, 6.07) is 5.95. The van der Waals surface area contributed by atoms with Crippen molar-refractivity contribution in [3.63, 3.8) is 0 Å². The molecule has 90 valence electrons. The van der Waals surface area contributed by atoms with Gasteiger partial charge >= 0.3 is 0 Å². The summed E-state index contributed by atoms with van der Waals surface area (Å²) >= 11 is 5.24. The SMILES string of the molecule is Nc1ccc(Br)cc1SCCCCCCO. The molecule has 0 aromatic heterocycles. The second-order valence-electron chi connectivity index (χ2n) is 3.67. The van der Waals surface area contributed by atoms with Gasteiger partial charge in [-0.05, 0) is 36.8 Å². The molecule has 3 N–H and O–H groups in total. The fourth-order valence-electron chi connectivity index (χ4n) is 1.38. The van der Waals surface area contributed by atoms with Crippen molar-refractivity contribution >= 4 is 33.4 Å². The van der Waals surface area contributed by atoms with E-state index in [9.17, 15) is 0 Å². The Balaban J connectivity index is 2.23. The van der Waals surface area contributed by atoms with E-state index in [4.69, 9.17) is 10.8 Å². The Morgan fingerprint density at radius 1 is 1.19 bits per heavy atom. The van der Waals surface area contributed by atoms with Crippen LogP contribution in [0.4, 0.5) is 5.69 Å². The van der Waals surface area contributed by atoms with Crippen molar-refractivity contribution < 1.29 is 5.11 Å². The standard InChI is InChI=1S/C12H18BrNOS/c13-10-5-6-11(14)12(9-10)16-8-4-2-1-3-7-15/h5-6,9,15H,1-4,7-8,14H2. The Morgan fingerprint density at radius 2 is 1.94 bits per heavy atom. The lowest BCUT2D eigenvalue weighted by Crippen LogP contribution is -1.90. The molecule has 0 fully saturated rings. The number of hydrogen-bond acceptors (Lipinski definition) is 3. The topological polar surface area (TPSA) is 46.2 Å². The van der Waals surface area contributed by atoms with Crippen molar-refractivity contribution in [3.05, 3.63) is 22.7 Å². The summed E-state index contributed by atoms with van der Waals surface area (Å²) in [6.45, 7) is 0.311. The number of nitrogens with two attached hydrogens (primary N) is 1. The molecule has 0 bridgehead atoms. The van der Waals surface area contributed by atoms with Gasteiger partial charge in [-0.15, -0.1) is 11.8 Å². The van der Waals surface area contributed by atoms with Gasteiger partial charge in [0.15, 0.2) is 0 Å². The summed E-state index contributed by atoms with van der Waals surface area (Å²) < 4.78 is 1.07. The predicted octanol–water partition coefficient (Wildman–Crippen LogP) is 3.68. The van der Waals surface area contributed by atoms with Gasteiger partial charge in [0.1, 0.15) is 0 Å². The highest BCUT2D eigenvalue weighted by atomic mass is 79.9. The summed E-state index contributed by atoms with van der Waals surface area (Å²) in [7, 11) is 0. The van der Waals surface area contributed by atoms with Crippen LogP contribution < -0.4 is 5.73 Å². The smallest absolute Gasteiger partial charge is 0.0453 e. The van der Waals surface area contributed by atoms with E-state index >= 15 is 0 Å². The van der Waals surface area contributed by atoms with E-state index < -0.39 is 0 Å². The maximum Gasteiger partial charge on any atom is 0.0453 e. The van der Waals surface area contributed by atoms with Gasteiger partial charge in [-0.1, -0.05) is 28.8 Å². The first kappa shape index (κ1) is 13.9. The van der Waals surface area contributed by atoms with E-state index in [0.717, 1.165) is 33.7 Å². The average Bonchev–Trinajstić information content (AvgIpc) is 2.28. The highest BCUT2D eigenvalue weighted by molar-refractivity contribution is 9.10. The molecule has 0 spiro atoms. The number of halogens is 1. The van der Waals surface area contributed by atoms with Gasteiger partial charge in [-0.2, -0.15) is 0 Å². The summed E-state index contributed by atoms with van der Waals surface area (Å²) in [5, 5.41) is 8.64. The second kappa shape index (κ2) is 7.98. The minimum atomic E-state index is 0.311. The molecule has 0 heterocycles. The number of thioether (sulfide) groups is 1. The molecule has 0 unspecified atom stereocenters. The monoisotopic (exact) mass is 303 g/mol. The molecule has 0 atom stereocenters. The molecule has 0 aliphatic rings. The van der Waals surface area contributed by atoms with Crippen LogP contribution in [0, 0.1) is 0 Å². The highest BCUT2D eigenvalue weighted by Crippen LogP contribution is 2.28. The molecule has 0 amide bonds. The number of unbranched alkanes of at least 4 members (excludes halogenated alkanes) is 3. The van der Waals surface area contributed by atoms with Gasteiger partial charge in [0.05, 0.1) is 0 Å². The van der Waals surface area contributed by atoms with Gasteiger partial charge in [-0.3, -0.25) is 0 Å². The van der Waals surface area contributed by atoms with Crippen molar-refractivity contribution in [2.24, 2.45) is 0 Å². The van der Waals surface area contributed by atoms with E-state index in [1.165, 1.54) is 12.8 Å². The lowest BCUT2D eigenvalue weighted by molar-refractivity contribution is 0.283. The van der Waals surface area contributed by atoms with Crippen molar-refractivity contribution in [1.82, 2.24) is 0 Å². The van der Waals surface area contributed by atoms with Crippen LogP contribution in [0.25, 0.3) is 0 Å². The summed E-state index contributed by atoms with van der Waals surface area (Å²) in [5.74, 6) is 1.09. The van der Waals surface area contributed by atoms with Crippen LogP contribution in [-0.2, 0) is 0 Å². The Hall–Kier alpha value is -0.190. The number of aliphatic hydroxyl groups is 1. The van der Waals surface area contributed by atoms with Crippen LogP contribution in [0.1, 0.15) is 25.7 Å². The fourth-order valence-corrected chi connectivity index (χ4v) is 2.91. The van der Waals surface area contributed by atoms with E-state index in [0.29, 0.717) is 6.61 Å². The van der Waals surface area contributed by atoms with Crippen LogP contribution in [0.15, 0.2) is 27.6 Å². The van der Waals surface area contributed by atoms with E-state index in [-0.39, 0.29) is 0 Å². The predicted molar refractivity (Wildman–Crippen MR) is 74.8 cm³/mol. The minimum absolute atomic E-state index is 0.311. The molecule has 1 rings (SSSR count). The largest absolute Gasteiger partial charge is 0.398 e. The molecule has 0 radical (unpaired) electrons. The van der Waals surface area contributed by atoms with Crippen LogP contribution in [0.3, 0.4) is 0 Å². The first-order valence-corrected chi connectivity index (χ1v) is 7.30. The number of aliphatic hydroxyl groups excluding tert-OH is 1. The van der Waals surface area contributed by atoms with Crippen LogP contribution in [-0.4, -0.2) is 17.5 Å². The minimum Gasteiger partial charge on any atom is -0.398 e. The molecule has 4 heteroatoms. The zero-order chi connectivity index (χ0) is 11.8. The van der Waals surface area contributed by atoms with Gasteiger partial charge in [-0.25, -0.2) is 0 Å². The van der Waals surface area contributed by atoms with Crippen molar-refractivity contribution in [2.45, 2.75) is 30.6 Å². The van der Waals surface area contributed by atoms with E-state index in [1.807, 2.05) is 12.1 Å².